The second-order valence-electron chi connectivity index (χ2n) is 9.12. The van der Waals surface area contributed by atoms with Gasteiger partial charge in [-0.1, -0.05) is 30.3 Å². The molecule has 5 rings (SSSR count). The molecule has 0 bridgehead atoms. The third-order valence-electron chi connectivity index (χ3n) is 7.04. The number of benzene rings is 2. The fraction of sp³-hybridized carbons (Fsp3) is 0.407. The molecule has 2 saturated heterocycles. The summed E-state index contributed by atoms with van der Waals surface area (Å²) in [5.74, 6) is -0.0673. The number of pyridine rings is 1. The van der Waals surface area contributed by atoms with Crippen LogP contribution in [0.3, 0.4) is 0 Å². The molecule has 5 nitrogen and oxygen atoms in total. The third kappa shape index (κ3) is 4.50. The highest BCUT2D eigenvalue weighted by Gasteiger charge is 2.44. The Hall–Kier alpha value is -2.83. The maximum atomic E-state index is 14.1. The van der Waals surface area contributed by atoms with Gasteiger partial charge in [-0.15, -0.1) is 0 Å². The molecule has 3 aromatic rings. The zero-order chi connectivity index (χ0) is 22.7. The maximum absolute atomic E-state index is 14.1. The van der Waals surface area contributed by atoms with Crippen LogP contribution in [0, 0.1) is 11.7 Å². The van der Waals surface area contributed by atoms with Crippen molar-refractivity contribution in [1.29, 1.82) is 0 Å². The first-order valence-electron chi connectivity index (χ1n) is 11.7. The van der Waals surface area contributed by atoms with Gasteiger partial charge in [-0.05, 0) is 54.0 Å². The molecule has 6 heteroatoms. The zero-order valence-corrected chi connectivity index (χ0v) is 18.7. The monoisotopic (exact) mass is 448 g/mol. The van der Waals surface area contributed by atoms with E-state index in [1.165, 1.54) is 23.1 Å². The van der Waals surface area contributed by atoms with E-state index in [1.807, 2.05) is 29.4 Å². The number of halogens is 1. The van der Waals surface area contributed by atoms with Crippen LogP contribution in [0.2, 0.25) is 0 Å². The van der Waals surface area contributed by atoms with Crippen molar-refractivity contribution in [1.82, 2.24) is 9.88 Å². The first-order chi connectivity index (χ1) is 16.2. The summed E-state index contributed by atoms with van der Waals surface area (Å²) >= 11 is 0. The van der Waals surface area contributed by atoms with Gasteiger partial charge in [0.05, 0.1) is 18.6 Å². The number of rotatable bonds is 4. The second-order valence-corrected chi connectivity index (χ2v) is 9.12. The van der Waals surface area contributed by atoms with E-state index in [0.29, 0.717) is 52.4 Å². The van der Waals surface area contributed by atoms with Crippen molar-refractivity contribution in [2.24, 2.45) is 5.92 Å². The Morgan fingerprint density at radius 3 is 2.79 bits per heavy atom. The summed E-state index contributed by atoms with van der Waals surface area (Å²) in [6.45, 7) is 3.30. The van der Waals surface area contributed by atoms with E-state index < -0.39 is 5.41 Å². The number of aromatic nitrogens is 1. The lowest BCUT2D eigenvalue weighted by Gasteiger charge is -2.40. The summed E-state index contributed by atoms with van der Waals surface area (Å²) in [5.41, 5.74) is 1.24. The zero-order valence-electron chi connectivity index (χ0n) is 18.7. The fourth-order valence-corrected chi connectivity index (χ4v) is 5.30. The topological polar surface area (TPSA) is 51.7 Å². The average molecular weight is 449 g/mol. The Labute approximate surface area is 193 Å². The lowest BCUT2D eigenvalue weighted by atomic mass is 9.72. The molecule has 172 valence electrons. The molecule has 0 N–H and O–H groups in total. The molecule has 1 atom stereocenters. The second kappa shape index (κ2) is 9.57. The molecular weight excluding hydrogens is 419 g/mol. The van der Waals surface area contributed by atoms with Gasteiger partial charge in [0.15, 0.2) is 0 Å². The minimum atomic E-state index is -0.750. The smallest absolute Gasteiger partial charge is 0.233 e. The van der Waals surface area contributed by atoms with Gasteiger partial charge in [0.1, 0.15) is 5.82 Å². The van der Waals surface area contributed by atoms with Gasteiger partial charge < -0.3 is 14.4 Å². The average Bonchev–Trinajstić information content (AvgIpc) is 3.10. The van der Waals surface area contributed by atoms with Crippen molar-refractivity contribution in [2.45, 2.75) is 24.7 Å². The summed E-state index contributed by atoms with van der Waals surface area (Å²) in [5, 5.41) is 2.31. The van der Waals surface area contributed by atoms with Gasteiger partial charge >= 0.3 is 0 Å². The summed E-state index contributed by atoms with van der Waals surface area (Å²) in [7, 11) is 0. The molecule has 1 aromatic heterocycles. The Kier molecular flexibility index (Phi) is 6.38. The molecule has 0 spiro atoms. The van der Waals surface area contributed by atoms with Gasteiger partial charge in [0.2, 0.25) is 5.91 Å². The van der Waals surface area contributed by atoms with Gasteiger partial charge in [0.25, 0.3) is 0 Å². The standard InChI is InChI=1S/C27H29FN2O3/c28-24-6-2-5-23(16-24)27(8-12-32-13-9-27)26(31)30-11-14-33-19-20(18-30)15-21-3-1-4-22-17-29-10-7-25(21)22/h1-7,10,16-17,20H,8-9,11-15,18-19H2. The van der Waals surface area contributed by atoms with Crippen LogP contribution in [0.15, 0.2) is 60.9 Å². The minimum Gasteiger partial charge on any atom is -0.381 e. The van der Waals surface area contributed by atoms with E-state index in [9.17, 15) is 9.18 Å². The minimum absolute atomic E-state index is 0.0639. The number of carbonyl (C=O) groups excluding carboxylic acids is 1. The first kappa shape index (κ1) is 22.0. The Morgan fingerprint density at radius 2 is 1.94 bits per heavy atom. The van der Waals surface area contributed by atoms with Gasteiger partial charge in [-0.3, -0.25) is 9.78 Å². The van der Waals surface area contributed by atoms with Crippen LogP contribution in [0.1, 0.15) is 24.0 Å². The largest absolute Gasteiger partial charge is 0.381 e. The molecule has 1 amide bonds. The van der Waals surface area contributed by atoms with Crippen LogP contribution in [0.5, 0.6) is 0 Å². The molecule has 3 heterocycles. The van der Waals surface area contributed by atoms with Gasteiger partial charge in [-0.2, -0.15) is 0 Å². The van der Waals surface area contributed by atoms with Crippen molar-refractivity contribution < 1.29 is 18.7 Å². The number of carbonyl (C=O) groups is 1. The van der Waals surface area contributed by atoms with E-state index in [1.54, 1.807) is 6.07 Å². The molecule has 1 unspecified atom stereocenters. The highest BCUT2D eigenvalue weighted by atomic mass is 19.1. The first-order valence-corrected chi connectivity index (χ1v) is 11.7. The van der Waals surface area contributed by atoms with Crippen molar-refractivity contribution in [3.63, 3.8) is 0 Å². The van der Waals surface area contributed by atoms with E-state index in [2.05, 4.69) is 23.2 Å². The highest BCUT2D eigenvalue weighted by molar-refractivity contribution is 5.88. The van der Waals surface area contributed by atoms with Crippen LogP contribution in [-0.2, 0) is 26.1 Å². The maximum Gasteiger partial charge on any atom is 0.233 e. The van der Waals surface area contributed by atoms with Crippen molar-refractivity contribution >= 4 is 16.7 Å². The van der Waals surface area contributed by atoms with E-state index in [0.717, 1.165) is 17.4 Å². The predicted molar refractivity (Wildman–Crippen MR) is 124 cm³/mol. The Balaban J connectivity index is 1.41. The van der Waals surface area contributed by atoms with Crippen molar-refractivity contribution in [2.75, 3.05) is 39.5 Å². The van der Waals surface area contributed by atoms with E-state index in [-0.39, 0.29) is 17.6 Å². The van der Waals surface area contributed by atoms with Crippen LogP contribution in [0.4, 0.5) is 4.39 Å². The number of hydrogen-bond donors (Lipinski definition) is 0. The Morgan fingerprint density at radius 1 is 1.09 bits per heavy atom. The molecule has 2 aliphatic rings. The van der Waals surface area contributed by atoms with Gasteiger partial charge in [0, 0.05) is 50.0 Å². The summed E-state index contributed by atoms with van der Waals surface area (Å²) in [6, 6.07) is 14.8. The van der Waals surface area contributed by atoms with Crippen molar-refractivity contribution in [3.8, 4) is 0 Å². The normalized spacial score (nSPS) is 21.0. The summed E-state index contributed by atoms with van der Waals surface area (Å²) in [4.78, 5) is 20.2. The summed E-state index contributed by atoms with van der Waals surface area (Å²) < 4.78 is 25.6. The van der Waals surface area contributed by atoms with Crippen molar-refractivity contribution in [3.05, 3.63) is 77.9 Å². The Bertz CT molecular complexity index is 1120. The molecule has 0 saturated carbocycles. The number of nitrogens with zero attached hydrogens (tertiary/aromatic N) is 2. The van der Waals surface area contributed by atoms with Crippen LogP contribution < -0.4 is 0 Å². The molecular formula is C27H29FN2O3. The lowest BCUT2D eigenvalue weighted by molar-refractivity contribution is -0.141. The number of ether oxygens (including phenoxy) is 2. The third-order valence-corrected chi connectivity index (χ3v) is 7.04. The molecule has 2 aromatic carbocycles. The molecule has 0 aliphatic carbocycles. The SMILES string of the molecule is O=C(N1CCOCC(Cc2cccc3cnccc23)C1)C1(c2cccc(F)c2)CCOCC1. The highest BCUT2D eigenvalue weighted by Crippen LogP contribution is 2.37. The lowest BCUT2D eigenvalue weighted by Crippen LogP contribution is -2.51. The molecule has 0 radical (unpaired) electrons. The van der Waals surface area contributed by atoms with Crippen LogP contribution >= 0.6 is 0 Å². The summed E-state index contributed by atoms with van der Waals surface area (Å²) in [6.07, 6.45) is 5.65. The molecule has 2 fully saturated rings. The predicted octanol–water partition coefficient (Wildman–Crippen LogP) is 4.14. The number of fused-ring (bicyclic) bond motifs is 1. The number of hydrogen-bond acceptors (Lipinski definition) is 4. The van der Waals surface area contributed by atoms with Crippen LogP contribution in [0.25, 0.3) is 10.8 Å². The van der Waals surface area contributed by atoms with Crippen LogP contribution in [-0.4, -0.2) is 55.3 Å². The van der Waals surface area contributed by atoms with E-state index >= 15 is 0 Å². The molecule has 33 heavy (non-hydrogen) atoms. The quantitative estimate of drug-likeness (QED) is 0.602. The van der Waals surface area contributed by atoms with Gasteiger partial charge in [-0.25, -0.2) is 4.39 Å². The fourth-order valence-electron chi connectivity index (χ4n) is 5.30. The molecule has 2 aliphatic heterocycles. The van der Waals surface area contributed by atoms with E-state index in [4.69, 9.17) is 9.47 Å². The number of amides is 1.